The number of hydrogen-bond donors (Lipinski definition) is 1. The Morgan fingerprint density at radius 2 is 2.04 bits per heavy atom. The maximum atomic E-state index is 12.8. The van der Waals surface area contributed by atoms with E-state index in [1.165, 1.54) is 11.3 Å². The molecule has 6 nitrogen and oxygen atoms in total. The Labute approximate surface area is 145 Å². The van der Waals surface area contributed by atoms with Gasteiger partial charge in [0, 0.05) is 36.5 Å². The third kappa shape index (κ3) is 3.05. The zero-order valence-electron chi connectivity index (χ0n) is 14.3. The van der Waals surface area contributed by atoms with Crippen LogP contribution in [0, 0.1) is 5.92 Å². The van der Waals surface area contributed by atoms with Crippen LogP contribution in [0.2, 0.25) is 0 Å². The van der Waals surface area contributed by atoms with Crippen LogP contribution < -0.4 is 5.73 Å². The molecule has 130 valence electrons. The molecule has 2 aliphatic rings. The fraction of sp³-hybridized carbons (Fsp3) is 0.588. The van der Waals surface area contributed by atoms with Crippen molar-refractivity contribution in [3.05, 3.63) is 21.4 Å². The molecule has 7 heteroatoms. The van der Waals surface area contributed by atoms with Crippen LogP contribution in [0.3, 0.4) is 0 Å². The van der Waals surface area contributed by atoms with Gasteiger partial charge in [0.25, 0.3) is 5.91 Å². The summed E-state index contributed by atoms with van der Waals surface area (Å²) < 4.78 is 0. The number of thiophene rings is 1. The Morgan fingerprint density at radius 3 is 2.62 bits per heavy atom. The predicted octanol–water partition coefficient (Wildman–Crippen LogP) is 1.38. The van der Waals surface area contributed by atoms with Crippen molar-refractivity contribution in [3.8, 4) is 0 Å². The van der Waals surface area contributed by atoms with Gasteiger partial charge in [-0.15, -0.1) is 11.3 Å². The van der Waals surface area contributed by atoms with E-state index in [4.69, 9.17) is 5.73 Å². The average molecular weight is 349 g/mol. The number of nitrogens with zero attached hydrogens (tertiary/aromatic N) is 2. The van der Waals surface area contributed by atoms with Gasteiger partial charge in [-0.3, -0.25) is 14.4 Å². The van der Waals surface area contributed by atoms with E-state index >= 15 is 0 Å². The molecule has 3 rings (SSSR count). The van der Waals surface area contributed by atoms with E-state index < -0.39 is 5.91 Å². The number of hydrogen-bond acceptors (Lipinski definition) is 4. The monoisotopic (exact) mass is 349 g/mol. The molecule has 1 atom stereocenters. The third-order valence-electron chi connectivity index (χ3n) is 4.71. The van der Waals surface area contributed by atoms with Crippen molar-refractivity contribution in [2.75, 3.05) is 13.1 Å². The van der Waals surface area contributed by atoms with E-state index in [-0.39, 0.29) is 29.7 Å². The highest BCUT2D eigenvalue weighted by Gasteiger charge is 2.41. The van der Waals surface area contributed by atoms with Crippen LogP contribution in [0.1, 0.15) is 47.3 Å². The smallest absolute Gasteiger partial charge is 0.258 e. The second-order valence-electron chi connectivity index (χ2n) is 7.51. The van der Waals surface area contributed by atoms with Gasteiger partial charge in [-0.1, -0.05) is 0 Å². The summed E-state index contributed by atoms with van der Waals surface area (Å²) in [4.78, 5) is 41.6. The van der Waals surface area contributed by atoms with Crippen LogP contribution >= 0.6 is 11.3 Å². The number of nitrogens with two attached hydrogens (primary N) is 1. The summed E-state index contributed by atoms with van der Waals surface area (Å²) in [6, 6.07) is 1.79. The van der Waals surface area contributed by atoms with Gasteiger partial charge in [-0.2, -0.15) is 0 Å². The molecule has 24 heavy (non-hydrogen) atoms. The van der Waals surface area contributed by atoms with E-state index in [0.29, 0.717) is 24.5 Å². The van der Waals surface area contributed by atoms with Gasteiger partial charge in [0.2, 0.25) is 11.8 Å². The van der Waals surface area contributed by atoms with Crippen molar-refractivity contribution in [2.45, 2.75) is 45.7 Å². The van der Waals surface area contributed by atoms with Crippen LogP contribution in [0.4, 0.5) is 0 Å². The number of rotatable bonds is 2. The van der Waals surface area contributed by atoms with E-state index in [9.17, 15) is 14.4 Å². The summed E-state index contributed by atoms with van der Waals surface area (Å²) in [6.45, 7) is 7.58. The van der Waals surface area contributed by atoms with Crippen LogP contribution in [0.5, 0.6) is 0 Å². The number of primary amides is 1. The first kappa shape index (κ1) is 17.0. The highest BCUT2D eigenvalue weighted by atomic mass is 32.1. The van der Waals surface area contributed by atoms with Gasteiger partial charge in [-0.05, 0) is 38.8 Å². The number of carbonyl (C=O) groups excluding carboxylic acids is 3. The molecule has 1 fully saturated rings. The minimum absolute atomic E-state index is 0.0348. The molecule has 2 N–H and O–H groups in total. The lowest BCUT2D eigenvalue weighted by Gasteiger charge is -2.33. The molecule has 1 aromatic heterocycles. The number of likely N-dealkylation sites (tertiary alicyclic amines) is 1. The van der Waals surface area contributed by atoms with Gasteiger partial charge < -0.3 is 15.5 Å². The molecular formula is C17H23N3O3S. The van der Waals surface area contributed by atoms with E-state index in [2.05, 4.69) is 0 Å². The lowest BCUT2D eigenvalue weighted by molar-refractivity contribution is -0.136. The van der Waals surface area contributed by atoms with Crippen LogP contribution in [-0.2, 0) is 22.6 Å². The summed E-state index contributed by atoms with van der Waals surface area (Å²) in [5, 5.41) is 0. The van der Waals surface area contributed by atoms with E-state index in [0.717, 1.165) is 16.9 Å². The van der Waals surface area contributed by atoms with Gasteiger partial charge in [0.1, 0.15) is 0 Å². The second kappa shape index (κ2) is 5.88. The molecule has 1 saturated heterocycles. The molecule has 0 radical (unpaired) electrons. The van der Waals surface area contributed by atoms with Crippen LogP contribution in [-0.4, -0.2) is 46.1 Å². The van der Waals surface area contributed by atoms with Gasteiger partial charge in [0.15, 0.2) is 0 Å². The average Bonchev–Trinajstić information content (AvgIpc) is 3.08. The summed E-state index contributed by atoms with van der Waals surface area (Å²) in [7, 11) is 0. The molecule has 1 aromatic rings. The van der Waals surface area contributed by atoms with Crippen molar-refractivity contribution < 1.29 is 14.4 Å². The summed E-state index contributed by atoms with van der Waals surface area (Å²) in [5.74, 6) is -0.611. The van der Waals surface area contributed by atoms with Crippen molar-refractivity contribution in [3.63, 3.8) is 0 Å². The molecule has 0 aromatic carbocycles. The van der Waals surface area contributed by atoms with E-state index in [1.807, 2.05) is 25.7 Å². The van der Waals surface area contributed by atoms with Crippen LogP contribution in [0.25, 0.3) is 0 Å². The van der Waals surface area contributed by atoms with E-state index in [1.54, 1.807) is 11.0 Å². The van der Waals surface area contributed by atoms with Crippen molar-refractivity contribution >= 4 is 29.1 Å². The molecule has 0 bridgehead atoms. The molecule has 2 aliphatic heterocycles. The first-order chi connectivity index (χ1) is 11.2. The first-order valence-electron chi connectivity index (χ1n) is 8.17. The minimum atomic E-state index is -0.422. The summed E-state index contributed by atoms with van der Waals surface area (Å²) >= 11 is 1.42. The number of fused-ring (bicyclic) bond motifs is 1. The fourth-order valence-corrected chi connectivity index (χ4v) is 4.44. The van der Waals surface area contributed by atoms with Crippen molar-refractivity contribution in [2.24, 2.45) is 11.7 Å². The molecule has 3 amide bonds. The molecule has 3 heterocycles. The summed E-state index contributed by atoms with van der Waals surface area (Å²) in [6.07, 6.45) is 1.03. The topological polar surface area (TPSA) is 83.7 Å². The lowest BCUT2D eigenvalue weighted by Crippen LogP contribution is -2.44. The quantitative estimate of drug-likeness (QED) is 0.875. The number of carbonyl (C=O) groups is 3. The summed E-state index contributed by atoms with van der Waals surface area (Å²) in [5.41, 5.74) is 6.08. The highest BCUT2D eigenvalue weighted by Crippen LogP contribution is 2.31. The Kier molecular flexibility index (Phi) is 4.15. The number of amides is 3. The minimum Gasteiger partial charge on any atom is -0.365 e. The normalized spacial score (nSPS) is 21.1. The Bertz CT molecular complexity index is 704. The SMILES string of the molecule is CC(C)(C)N1C[C@H](C(=O)N2CCc3sc(C(N)=O)cc3C2)CC1=O. The zero-order chi connectivity index (χ0) is 17.6. The molecule has 0 unspecified atom stereocenters. The molecule has 0 aliphatic carbocycles. The fourth-order valence-electron chi connectivity index (χ4n) is 3.42. The standard InChI is InChI=1S/C17H23N3O3S/c1-17(2,3)20-9-11(7-14(20)21)16(23)19-5-4-12-10(8-19)6-13(24-12)15(18)22/h6,11H,4-5,7-9H2,1-3H3,(H2,18,22)/t11-/m1/s1. The molecule has 0 saturated carbocycles. The zero-order valence-corrected chi connectivity index (χ0v) is 15.1. The second-order valence-corrected chi connectivity index (χ2v) is 8.65. The Balaban J connectivity index is 1.71. The molecule has 0 spiro atoms. The third-order valence-corrected chi connectivity index (χ3v) is 5.96. The van der Waals surface area contributed by atoms with Gasteiger partial charge >= 0.3 is 0 Å². The lowest BCUT2D eigenvalue weighted by atomic mass is 10.0. The Hall–Kier alpha value is -1.89. The first-order valence-corrected chi connectivity index (χ1v) is 8.99. The van der Waals surface area contributed by atoms with Crippen LogP contribution in [0.15, 0.2) is 6.07 Å². The van der Waals surface area contributed by atoms with Gasteiger partial charge in [-0.25, -0.2) is 0 Å². The molecular weight excluding hydrogens is 326 g/mol. The van der Waals surface area contributed by atoms with Gasteiger partial charge in [0.05, 0.1) is 10.8 Å². The van der Waals surface area contributed by atoms with Crippen molar-refractivity contribution in [1.82, 2.24) is 9.80 Å². The van der Waals surface area contributed by atoms with Crippen molar-refractivity contribution in [1.29, 1.82) is 0 Å². The predicted molar refractivity (Wildman–Crippen MR) is 91.5 cm³/mol. The Morgan fingerprint density at radius 1 is 1.33 bits per heavy atom. The highest BCUT2D eigenvalue weighted by molar-refractivity contribution is 7.14. The largest absolute Gasteiger partial charge is 0.365 e. The maximum Gasteiger partial charge on any atom is 0.258 e. The maximum absolute atomic E-state index is 12.8.